The number of aliphatic carboxylic acids is 1. The summed E-state index contributed by atoms with van der Waals surface area (Å²) < 4.78 is 10.9. The Labute approximate surface area is 139 Å². The number of carboxylic acids is 1. The maximum absolute atomic E-state index is 12.2. The smallest absolute Gasteiger partial charge is 0.326 e. The van der Waals surface area contributed by atoms with E-state index in [9.17, 15) is 14.7 Å². The van der Waals surface area contributed by atoms with Crippen LogP contribution in [0.1, 0.15) is 15.9 Å². The van der Waals surface area contributed by atoms with Gasteiger partial charge in [0.05, 0.1) is 0 Å². The molecular weight excluding hydrogens is 310 g/mol. The predicted molar refractivity (Wildman–Crippen MR) is 86.5 cm³/mol. The lowest BCUT2D eigenvalue weighted by molar-refractivity contribution is -0.139. The Morgan fingerprint density at radius 2 is 1.75 bits per heavy atom. The molecule has 0 spiro atoms. The Bertz CT molecular complexity index is 744. The molecule has 0 aliphatic carbocycles. The molecule has 0 saturated carbocycles. The van der Waals surface area contributed by atoms with Crippen LogP contribution in [0.4, 0.5) is 0 Å². The van der Waals surface area contributed by atoms with E-state index >= 15 is 0 Å². The highest BCUT2D eigenvalue weighted by atomic mass is 16.6. The van der Waals surface area contributed by atoms with Gasteiger partial charge in [0.2, 0.25) is 0 Å². The second kappa shape index (κ2) is 7.04. The van der Waals surface area contributed by atoms with Crippen molar-refractivity contribution in [2.45, 2.75) is 12.5 Å². The summed E-state index contributed by atoms with van der Waals surface area (Å²) >= 11 is 0. The minimum Gasteiger partial charge on any atom is -0.486 e. The van der Waals surface area contributed by atoms with Gasteiger partial charge in [0.1, 0.15) is 19.3 Å². The van der Waals surface area contributed by atoms with Crippen molar-refractivity contribution < 1.29 is 24.2 Å². The Balaban J connectivity index is 1.72. The third-order valence-electron chi connectivity index (χ3n) is 3.69. The first-order chi connectivity index (χ1) is 11.6. The molecule has 0 unspecified atom stereocenters. The Morgan fingerprint density at radius 3 is 2.46 bits per heavy atom. The molecule has 0 bridgehead atoms. The van der Waals surface area contributed by atoms with Crippen molar-refractivity contribution in [1.29, 1.82) is 0 Å². The molecule has 124 valence electrons. The standard InChI is InChI=1S/C18H17NO5/c20-17(13-4-2-1-3-5-13)19-14(18(21)22)10-12-6-7-15-16(11-12)24-9-8-23-15/h1-7,11,14H,8-10H2,(H,19,20)(H,21,22)/t14-/m1/s1. The van der Waals surface area contributed by atoms with E-state index in [-0.39, 0.29) is 6.42 Å². The summed E-state index contributed by atoms with van der Waals surface area (Å²) in [6.45, 7) is 0.959. The van der Waals surface area contributed by atoms with Gasteiger partial charge in [0, 0.05) is 12.0 Å². The fraction of sp³-hybridized carbons (Fsp3) is 0.222. The number of amides is 1. The highest BCUT2D eigenvalue weighted by Gasteiger charge is 2.22. The van der Waals surface area contributed by atoms with Gasteiger partial charge in [-0.2, -0.15) is 0 Å². The quantitative estimate of drug-likeness (QED) is 0.876. The van der Waals surface area contributed by atoms with E-state index in [4.69, 9.17) is 9.47 Å². The summed E-state index contributed by atoms with van der Waals surface area (Å²) in [6.07, 6.45) is 0.157. The van der Waals surface area contributed by atoms with Crippen molar-refractivity contribution >= 4 is 11.9 Å². The van der Waals surface area contributed by atoms with Crippen LogP contribution in [0.5, 0.6) is 11.5 Å². The molecule has 2 N–H and O–H groups in total. The molecule has 6 heteroatoms. The summed E-state index contributed by atoms with van der Waals surface area (Å²) in [4.78, 5) is 23.7. The first-order valence-corrected chi connectivity index (χ1v) is 7.61. The van der Waals surface area contributed by atoms with E-state index in [2.05, 4.69) is 5.32 Å². The van der Waals surface area contributed by atoms with Crippen molar-refractivity contribution in [1.82, 2.24) is 5.32 Å². The van der Waals surface area contributed by atoms with Crippen LogP contribution < -0.4 is 14.8 Å². The van der Waals surface area contributed by atoms with Gasteiger partial charge >= 0.3 is 5.97 Å². The molecule has 0 aromatic heterocycles. The van der Waals surface area contributed by atoms with Crippen LogP contribution in [-0.4, -0.2) is 36.2 Å². The molecule has 2 aromatic carbocycles. The van der Waals surface area contributed by atoms with Gasteiger partial charge in [0.15, 0.2) is 11.5 Å². The lowest BCUT2D eigenvalue weighted by atomic mass is 10.0. The zero-order chi connectivity index (χ0) is 16.9. The van der Waals surface area contributed by atoms with E-state index in [1.165, 1.54) is 0 Å². The first kappa shape index (κ1) is 15.9. The lowest BCUT2D eigenvalue weighted by Crippen LogP contribution is -2.42. The summed E-state index contributed by atoms with van der Waals surface area (Å²) in [7, 11) is 0. The van der Waals surface area contributed by atoms with E-state index in [0.29, 0.717) is 30.3 Å². The Kier molecular flexibility index (Phi) is 4.65. The van der Waals surface area contributed by atoms with E-state index < -0.39 is 17.9 Å². The van der Waals surface area contributed by atoms with Crippen molar-refractivity contribution in [3.8, 4) is 11.5 Å². The van der Waals surface area contributed by atoms with Crippen molar-refractivity contribution in [3.63, 3.8) is 0 Å². The van der Waals surface area contributed by atoms with E-state index in [1.54, 1.807) is 48.5 Å². The van der Waals surface area contributed by atoms with Crippen molar-refractivity contribution in [2.24, 2.45) is 0 Å². The van der Waals surface area contributed by atoms with Crippen LogP contribution in [0.2, 0.25) is 0 Å². The maximum atomic E-state index is 12.2. The summed E-state index contributed by atoms with van der Waals surface area (Å²) in [5.74, 6) is -0.266. The number of carboxylic acid groups (broad SMARTS) is 1. The SMILES string of the molecule is O=C(N[C@H](Cc1ccc2c(c1)OCCO2)C(=O)O)c1ccccc1. The third-order valence-corrected chi connectivity index (χ3v) is 3.69. The van der Waals surface area contributed by atoms with Crippen LogP contribution in [0.3, 0.4) is 0 Å². The number of benzene rings is 2. The second-order valence-electron chi connectivity index (χ2n) is 5.41. The average molecular weight is 327 g/mol. The number of rotatable bonds is 5. The topological polar surface area (TPSA) is 84.9 Å². The normalized spacial score (nSPS) is 13.8. The largest absolute Gasteiger partial charge is 0.486 e. The van der Waals surface area contributed by atoms with Crippen LogP contribution in [0.15, 0.2) is 48.5 Å². The molecule has 1 aliphatic rings. The fourth-order valence-corrected chi connectivity index (χ4v) is 2.48. The van der Waals surface area contributed by atoms with Gasteiger partial charge < -0.3 is 19.9 Å². The van der Waals surface area contributed by atoms with Crippen LogP contribution in [-0.2, 0) is 11.2 Å². The van der Waals surface area contributed by atoms with E-state index in [1.807, 2.05) is 0 Å². The van der Waals surface area contributed by atoms with Gasteiger partial charge in [-0.1, -0.05) is 24.3 Å². The monoisotopic (exact) mass is 327 g/mol. The molecule has 6 nitrogen and oxygen atoms in total. The minimum absolute atomic E-state index is 0.157. The lowest BCUT2D eigenvalue weighted by Gasteiger charge is -2.20. The number of carbonyl (C=O) groups excluding carboxylic acids is 1. The molecule has 0 fully saturated rings. The Morgan fingerprint density at radius 1 is 1.04 bits per heavy atom. The predicted octanol–water partition coefficient (Wildman–Crippen LogP) is 1.88. The molecule has 24 heavy (non-hydrogen) atoms. The van der Waals surface area contributed by atoms with Crippen LogP contribution in [0.25, 0.3) is 0 Å². The van der Waals surface area contributed by atoms with E-state index in [0.717, 1.165) is 5.56 Å². The number of hydrogen-bond donors (Lipinski definition) is 2. The number of fused-ring (bicyclic) bond motifs is 1. The molecule has 0 saturated heterocycles. The summed E-state index contributed by atoms with van der Waals surface area (Å²) in [6, 6.07) is 12.8. The van der Waals surface area contributed by atoms with Crippen molar-refractivity contribution in [3.05, 3.63) is 59.7 Å². The molecule has 3 rings (SSSR count). The molecule has 1 atom stereocenters. The number of nitrogens with one attached hydrogen (secondary N) is 1. The Hall–Kier alpha value is -3.02. The van der Waals surface area contributed by atoms with Gasteiger partial charge in [-0.25, -0.2) is 4.79 Å². The highest BCUT2D eigenvalue weighted by Crippen LogP contribution is 2.31. The third kappa shape index (κ3) is 3.65. The fourth-order valence-electron chi connectivity index (χ4n) is 2.48. The highest BCUT2D eigenvalue weighted by molar-refractivity contribution is 5.96. The van der Waals surface area contributed by atoms with Crippen molar-refractivity contribution in [2.75, 3.05) is 13.2 Å². The number of carbonyl (C=O) groups is 2. The summed E-state index contributed by atoms with van der Waals surface area (Å²) in [5.41, 5.74) is 1.17. The zero-order valence-electron chi connectivity index (χ0n) is 12.9. The maximum Gasteiger partial charge on any atom is 0.326 e. The zero-order valence-corrected chi connectivity index (χ0v) is 12.9. The van der Waals surface area contributed by atoms with Gasteiger partial charge in [-0.15, -0.1) is 0 Å². The molecule has 1 amide bonds. The molecule has 1 heterocycles. The minimum atomic E-state index is -1.09. The second-order valence-corrected chi connectivity index (χ2v) is 5.41. The molecule has 0 radical (unpaired) electrons. The van der Waals surface area contributed by atoms with Gasteiger partial charge in [-0.3, -0.25) is 4.79 Å². The average Bonchev–Trinajstić information content (AvgIpc) is 2.61. The van der Waals surface area contributed by atoms with Gasteiger partial charge in [0.25, 0.3) is 5.91 Å². The van der Waals surface area contributed by atoms with Gasteiger partial charge in [-0.05, 0) is 29.8 Å². The molecule has 2 aromatic rings. The first-order valence-electron chi connectivity index (χ1n) is 7.61. The molecular formula is C18H17NO5. The molecule has 1 aliphatic heterocycles. The summed E-state index contributed by atoms with van der Waals surface area (Å²) in [5, 5.41) is 11.9. The number of ether oxygens (including phenoxy) is 2. The number of hydrogen-bond acceptors (Lipinski definition) is 4. The van der Waals surface area contributed by atoms with Crippen LogP contribution >= 0.6 is 0 Å². The van der Waals surface area contributed by atoms with Crippen LogP contribution in [0, 0.1) is 0 Å².